The standard InChI is InChI=1S/C15H22N2O2/c18-15(19-13-14-5-2-1-3-6-14)7-4-10-17-11-8-16-9-12-17/h1-3,5-6,16H,4,7-13H2. The molecule has 0 saturated carbocycles. The first-order valence-electron chi connectivity index (χ1n) is 6.97. The third kappa shape index (κ3) is 5.41. The molecule has 1 heterocycles. The van der Waals surface area contributed by atoms with Gasteiger partial charge in [0.25, 0.3) is 0 Å². The average molecular weight is 262 g/mol. The van der Waals surface area contributed by atoms with Crippen LogP contribution in [0.5, 0.6) is 0 Å². The van der Waals surface area contributed by atoms with Gasteiger partial charge in [-0.05, 0) is 18.5 Å². The van der Waals surface area contributed by atoms with Gasteiger partial charge in [-0.15, -0.1) is 0 Å². The molecular formula is C15H22N2O2. The number of hydrogen-bond donors (Lipinski definition) is 1. The molecule has 0 aliphatic carbocycles. The molecule has 1 aliphatic heterocycles. The number of esters is 1. The normalized spacial score (nSPS) is 16.2. The monoisotopic (exact) mass is 262 g/mol. The topological polar surface area (TPSA) is 41.6 Å². The lowest BCUT2D eigenvalue weighted by atomic mass is 10.2. The van der Waals surface area contributed by atoms with Crippen LogP contribution in [0.2, 0.25) is 0 Å². The van der Waals surface area contributed by atoms with Crippen molar-refractivity contribution in [2.24, 2.45) is 0 Å². The van der Waals surface area contributed by atoms with E-state index in [1.807, 2.05) is 30.3 Å². The van der Waals surface area contributed by atoms with Crippen LogP contribution >= 0.6 is 0 Å². The van der Waals surface area contributed by atoms with Gasteiger partial charge >= 0.3 is 5.97 Å². The molecule has 2 rings (SSSR count). The number of nitrogens with one attached hydrogen (secondary N) is 1. The third-order valence-electron chi connectivity index (χ3n) is 3.31. The van der Waals surface area contributed by atoms with Gasteiger partial charge in [0, 0.05) is 32.6 Å². The summed E-state index contributed by atoms with van der Waals surface area (Å²) in [6.45, 7) is 5.64. The predicted molar refractivity (Wildman–Crippen MR) is 74.8 cm³/mol. The van der Waals surface area contributed by atoms with Gasteiger partial charge in [-0.25, -0.2) is 0 Å². The molecular weight excluding hydrogens is 240 g/mol. The van der Waals surface area contributed by atoms with Gasteiger partial charge in [-0.2, -0.15) is 0 Å². The Bertz CT molecular complexity index is 375. The van der Waals surface area contributed by atoms with Crippen LogP contribution in [-0.2, 0) is 16.1 Å². The Morgan fingerprint density at radius 3 is 2.68 bits per heavy atom. The second-order valence-electron chi connectivity index (χ2n) is 4.84. The van der Waals surface area contributed by atoms with Crippen molar-refractivity contribution in [3.8, 4) is 0 Å². The summed E-state index contributed by atoms with van der Waals surface area (Å²) in [7, 11) is 0. The summed E-state index contributed by atoms with van der Waals surface area (Å²) in [6, 6.07) is 9.79. The summed E-state index contributed by atoms with van der Waals surface area (Å²) in [6.07, 6.45) is 1.39. The fourth-order valence-corrected chi connectivity index (χ4v) is 2.19. The van der Waals surface area contributed by atoms with E-state index in [2.05, 4.69) is 10.2 Å². The molecule has 0 aromatic heterocycles. The Morgan fingerprint density at radius 1 is 1.21 bits per heavy atom. The molecule has 1 aliphatic rings. The lowest BCUT2D eigenvalue weighted by Crippen LogP contribution is -2.43. The third-order valence-corrected chi connectivity index (χ3v) is 3.31. The first kappa shape index (κ1) is 14.0. The molecule has 104 valence electrons. The van der Waals surface area contributed by atoms with Crippen LogP contribution in [0.4, 0.5) is 0 Å². The van der Waals surface area contributed by atoms with Crippen LogP contribution in [-0.4, -0.2) is 43.6 Å². The van der Waals surface area contributed by atoms with Gasteiger partial charge in [-0.3, -0.25) is 4.79 Å². The van der Waals surface area contributed by atoms with Crippen LogP contribution in [0.25, 0.3) is 0 Å². The van der Waals surface area contributed by atoms with Gasteiger partial charge in [0.15, 0.2) is 0 Å². The van der Waals surface area contributed by atoms with Crippen LogP contribution in [0, 0.1) is 0 Å². The smallest absolute Gasteiger partial charge is 0.306 e. The van der Waals surface area contributed by atoms with Crippen molar-refractivity contribution in [2.45, 2.75) is 19.4 Å². The lowest BCUT2D eigenvalue weighted by Gasteiger charge is -2.26. The molecule has 1 aromatic rings. The maximum absolute atomic E-state index is 11.6. The zero-order chi connectivity index (χ0) is 13.3. The van der Waals surface area contributed by atoms with Gasteiger partial charge in [0.1, 0.15) is 6.61 Å². The highest BCUT2D eigenvalue weighted by Gasteiger charge is 2.10. The Labute approximate surface area is 114 Å². The number of carbonyl (C=O) groups is 1. The minimum absolute atomic E-state index is 0.0982. The van der Waals surface area contributed by atoms with Gasteiger partial charge in [-0.1, -0.05) is 30.3 Å². The molecule has 1 aromatic carbocycles. The minimum Gasteiger partial charge on any atom is -0.461 e. The Kier molecular flexibility index (Phi) is 5.85. The van der Waals surface area contributed by atoms with E-state index in [1.165, 1.54) is 0 Å². The molecule has 0 unspecified atom stereocenters. The van der Waals surface area contributed by atoms with E-state index < -0.39 is 0 Å². The van der Waals surface area contributed by atoms with Crippen molar-refractivity contribution < 1.29 is 9.53 Å². The zero-order valence-electron chi connectivity index (χ0n) is 11.3. The molecule has 0 amide bonds. The van der Waals surface area contributed by atoms with Crippen LogP contribution < -0.4 is 5.32 Å². The van der Waals surface area contributed by atoms with E-state index >= 15 is 0 Å². The van der Waals surface area contributed by atoms with Crippen molar-refractivity contribution in [1.29, 1.82) is 0 Å². The molecule has 1 N–H and O–H groups in total. The quantitative estimate of drug-likeness (QED) is 0.787. The largest absolute Gasteiger partial charge is 0.461 e. The minimum atomic E-state index is -0.0982. The number of hydrogen-bond acceptors (Lipinski definition) is 4. The summed E-state index contributed by atoms with van der Waals surface area (Å²) in [5.74, 6) is -0.0982. The van der Waals surface area contributed by atoms with Gasteiger partial charge in [0.2, 0.25) is 0 Å². The summed E-state index contributed by atoms with van der Waals surface area (Å²) in [5, 5.41) is 3.32. The highest BCUT2D eigenvalue weighted by Crippen LogP contribution is 2.03. The molecule has 0 atom stereocenters. The van der Waals surface area contributed by atoms with Crippen molar-refractivity contribution in [2.75, 3.05) is 32.7 Å². The summed E-state index contributed by atoms with van der Waals surface area (Å²) in [5.41, 5.74) is 1.04. The first-order valence-corrected chi connectivity index (χ1v) is 6.97. The van der Waals surface area contributed by atoms with Crippen LogP contribution in [0.15, 0.2) is 30.3 Å². The van der Waals surface area contributed by atoms with Gasteiger partial charge < -0.3 is 15.0 Å². The van der Waals surface area contributed by atoms with Crippen LogP contribution in [0.1, 0.15) is 18.4 Å². The van der Waals surface area contributed by atoms with E-state index in [4.69, 9.17) is 4.74 Å². The molecule has 4 nitrogen and oxygen atoms in total. The molecule has 4 heteroatoms. The number of carbonyl (C=O) groups excluding carboxylic acids is 1. The number of benzene rings is 1. The summed E-state index contributed by atoms with van der Waals surface area (Å²) >= 11 is 0. The van der Waals surface area contributed by atoms with E-state index in [0.29, 0.717) is 13.0 Å². The summed E-state index contributed by atoms with van der Waals surface area (Å²) < 4.78 is 5.25. The van der Waals surface area contributed by atoms with Crippen molar-refractivity contribution in [3.05, 3.63) is 35.9 Å². The van der Waals surface area contributed by atoms with Crippen molar-refractivity contribution in [3.63, 3.8) is 0 Å². The molecule has 0 bridgehead atoms. The number of ether oxygens (including phenoxy) is 1. The van der Waals surface area contributed by atoms with Crippen molar-refractivity contribution in [1.82, 2.24) is 10.2 Å². The Hall–Kier alpha value is -1.39. The Balaban J connectivity index is 1.57. The Morgan fingerprint density at radius 2 is 1.95 bits per heavy atom. The fourth-order valence-electron chi connectivity index (χ4n) is 2.19. The highest BCUT2D eigenvalue weighted by atomic mass is 16.5. The van der Waals surface area contributed by atoms with E-state index in [9.17, 15) is 4.79 Å². The predicted octanol–water partition coefficient (Wildman–Crippen LogP) is 1.42. The maximum Gasteiger partial charge on any atom is 0.306 e. The lowest BCUT2D eigenvalue weighted by molar-refractivity contribution is -0.145. The fraction of sp³-hybridized carbons (Fsp3) is 0.533. The SMILES string of the molecule is O=C(CCCN1CCNCC1)OCc1ccccc1. The second kappa shape index (κ2) is 7.92. The second-order valence-corrected chi connectivity index (χ2v) is 4.84. The zero-order valence-corrected chi connectivity index (χ0v) is 11.3. The number of nitrogens with zero attached hydrogens (tertiary/aromatic N) is 1. The molecule has 19 heavy (non-hydrogen) atoms. The van der Waals surface area contributed by atoms with Gasteiger partial charge in [0.05, 0.1) is 0 Å². The number of rotatable bonds is 6. The molecule has 1 fully saturated rings. The molecule has 1 saturated heterocycles. The molecule has 0 spiro atoms. The van der Waals surface area contributed by atoms with E-state index in [1.54, 1.807) is 0 Å². The number of piperazine rings is 1. The van der Waals surface area contributed by atoms with Crippen LogP contribution in [0.3, 0.4) is 0 Å². The summed E-state index contributed by atoms with van der Waals surface area (Å²) in [4.78, 5) is 14.0. The van der Waals surface area contributed by atoms with Crippen molar-refractivity contribution >= 4 is 5.97 Å². The van der Waals surface area contributed by atoms with E-state index in [-0.39, 0.29) is 5.97 Å². The average Bonchev–Trinajstić information content (AvgIpc) is 2.47. The maximum atomic E-state index is 11.6. The van der Waals surface area contributed by atoms with E-state index in [0.717, 1.165) is 44.7 Å². The highest BCUT2D eigenvalue weighted by molar-refractivity contribution is 5.69. The first-order chi connectivity index (χ1) is 9.34. The molecule has 0 radical (unpaired) electrons.